The Kier molecular flexibility index (Phi) is 6.39. The number of amidine groups is 1. The second-order valence-corrected chi connectivity index (χ2v) is 9.57. The van der Waals surface area contributed by atoms with Crippen molar-refractivity contribution in [2.24, 2.45) is 4.99 Å². The lowest BCUT2D eigenvalue weighted by Crippen LogP contribution is -2.32. The molecule has 0 radical (unpaired) electrons. The molecule has 1 unspecified atom stereocenters. The summed E-state index contributed by atoms with van der Waals surface area (Å²) in [5, 5.41) is 0.0787. The predicted octanol–water partition coefficient (Wildman–Crippen LogP) is 6.48. The van der Waals surface area contributed by atoms with Gasteiger partial charge in [-0.05, 0) is 61.4 Å². The van der Waals surface area contributed by atoms with Crippen molar-refractivity contribution < 1.29 is 9.59 Å². The van der Waals surface area contributed by atoms with E-state index < -0.39 is 5.25 Å². The number of hydrogen-bond acceptors (Lipinski definition) is 4. The summed E-state index contributed by atoms with van der Waals surface area (Å²) in [6.45, 7) is 4.00. The lowest BCUT2D eigenvalue weighted by Gasteiger charge is -2.17. The molecule has 0 spiro atoms. The number of aliphatic imine (C=N–C) groups is 1. The standard InChI is InChI=1S/C25H21BrN2O2S/c1-16-5-3-7-20(13-16)27-25-28(21-8-4-6-17(2)14-21)24(30)23(31-25)15-22(29)18-9-11-19(26)12-10-18/h3-14,23H,15H2,1-2H3. The van der Waals surface area contributed by atoms with Crippen LogP contribution in [0.5, 0.6) is 0 Å². The topological polar surface area (TPSA) is 49.7 Å². The van der Waals surface area contributed by atoms with Crippen molar-refractivity contribution in [1.29, 1.82) is 0 Å². The van der Waals surface area contributed by atoms with Gasteiger partial charge in [0, 0.05) is 16.5 Å². The van der Waals surface area contributed by atoms with Gasteiger partial charge in [0.25, 0.3) is 0 Å². The van der Waals surface area contributed by atoms with Crippen molar-refractivity contribution in [2.75, 3.05) is 4.90 Å². The van der Waals surface area contributed by atoms with E-state index in [1.54, 1.807) is 17.0 Å². The zero-order valence-electron chi connectivity index (χ0n) is 17.2. The van der Waals surface area contributed by atoms with Crippen LogP contribution in [0.4, 0.5) is 11.4 Å². The van der Waals surface area contributed by atoms with Gasteiger partial charge in [-0.1, -0.05) is 64.1 Å². The summed E-state index contributed by atoms with van der Waals surface area (Å²) in [4.78, 5) is 32.6. The number of carbonyl (C=O) groups is 2. The molecule has 0 saturated carbocycles. The number of Topliss-reactive ketones (excluding diaryl/α,β-unsaturated/α-hetero) is 1. The highest BCUT2D eigenvalue weighted by atomic mass is 79.9. The first-order valence-electron chi connectivity index (χ1n) is 9.92. The van der Waals surface area contributed by atoms with E-state index in [0.717, 1.165) is 27.0 Å². The van der Waals surface area contributed by atoms with Crippen LogP contribution >= 0.6 is 27.7 Å². The van der Waals surface area contributed by atoms with Crippen LogP contribution in [0.1, 0.15) is 27.9 Å². The van der Waals surface area contributed by atoms with Crippen LogP contribution in [0, 0.1) is 13.8 Å². The minimum absolute atomic E-state index is 0.0562. The molecule has 4 rings (SSSR count). The van der Waals surface area contributed by atoms with Crippen molar-refractivity contribution in [3.05, 3.63) is 94.0 Å². The number of nitrogens with zero attached hydrogens (tertiary/aromatic N) is 2. The number of rotatable bonds is 5. The molecule has 3 aromatic rings. The molecule has 6 heteroatoms. The maximum atomic E-state index is 13.4. The summed E-state index contributed by atoms with van der Waals surface area (Å²) in [5.41, 5.74) is 4.30. The van der Waals surface area contributed by atoms with Crippen molar-refractivity contribution in [2.45, 2.75) is 25.5 Å². The molecule has 1 saturated heterocycles. The Hall–Kier alpha value is -2.70. The number of anilines is 1. The number of carbonyl (C=O) groups excluding carboxylic acids is 2. The summed E-state index contributed by atoms with van der Waals surface area (Å²) in [5.74, 6) is -0.174. The van der Waals surface area contributed by atoms with E-state index in [0.29, 0.717) is 10.7 Å². The van der Waals surface area contributed by atoms with Gasteiger partial charge in [0.05, 0.1) is 16.6 Å². The van der Waals surface area contributed by atoms with Gasteiger partial charge in [0.2, 0.25) is 5.91 Å². The molecule has 1 heterocycles. The SMILES string of the molecule is Cc1cccc(N=C2SC(CC(=O)c3ccc(Br)cc3)C(=O)N2c2cccc(C)c2)c1. The fourth-order valence-corrected chi connectivity index (χ4v) is 4.83. The first-order chi connectivity index (χ1) is 14.9. The van der Waals surface area contributed by atoms with Crippen LogP contribution in [0.25, 0.3) is 0 Å². The second-order valence-electron chi connectivity index (χ2n) is 7.49. The first kappa shape index (κ1) is 21.5. The number of amides is 1. The molecule has 4 nitrogen and oxygen atoms in total. The predicted molar refractivity (Wildman–Crippen MR) is 131 cm³/mol. The van der Waals surface area contributed by atoms with E-state index in [2.05, 4.69) is 15.9 Å². The van der Waals surface area contributed by atoms with Crippen LogP contribution < -0.4 is 4.90 Å². The number of hydrogen-bond donors (Lipinski definition) is 0. The molecule has 1 aliphatic heterocycles. The second kappa shape index (κ2) is 9.20. The third-order valence-corrected chi connectivity index (χ3v) is 6.62. The highest BCUT2D eigenvalue weighted by Crippen LogP contribution is 2.36. The molecule has 1 amide bonds. The minimum atomic E-state index is -0.514. The van der Waals surface area contributed by atoms with Gasteiger partial charge in [-0.3, -0.25) is 14.5 Å². The maximum absolute atomic E-state index is 13.4. The first-order valence-corrected chi connectivity index (χ1v) is 11.6. The zero-order chi connectivity index (χ0) is 22.0. The number of ketones is 1. The summed E-state index contributed by atoms with van der Waals surface area (Å²) in [6.07, 6.45) is 0.125. The van der Waals surface area contributed by atoms with Crippen molar-refractivity contribution in [1.82, 2.24) is 0 Å². The summed E-state index contributed by atoms with van der Waals surface area (Å²) >= 11 is 4.74. The van der Waals surface area contributed by atoms with Gasteiger partial charge >= 0.3 is 0 Å². The number of thioether (sulfide) groups is 1. The van der Waals surface area contributed by atoms with Gasteiger partial charge < -0.3 is 0 Å². The molecule has 31 heavy (non-hydrogen) atoms. The lowest BCUT2D eigenvalue weighted by molar-refractivity contribution is -0.116. The van der Waals surface area contributed by atoms with Crippen LogP contribution in [0.2, 0.25) is 0 Å². The quantitative estimate of drug-likeness (QED) is 0.383. The van der Waals surface area contributed by atoms with Crippen LogP contribution in [-0.4, -0.2) is 22.1 Å². The molecule has 0 N–H and O–H groups in total. The average Bonchev–Trinajstić information content (AvgIpc) is 3.03. The van der Waals surface area contributed by atoms with Gasteiger partial charge in [-0.15, -0.1) is 0 Å². The van der Waals surface area contributed by atoms with Gasteiger partial charge in [-0.2, -0.15) is 0 Å². The number of halogens is 1. The fraction of sp³-hybridized carbons (Fsp3) is 0.160. The van der Waals surface area contributed by atoms with Gasteiger partial charge in [0.15, 0.2) is 11.0 Å². The van der Waals surface area contributed by atoms with Gasteiger partial charge in [-0.25, -0.2) is 4.99 Å². The van der Waals surface area contributed by atoms with E-state index in [-0.39, 0.29) is 18.1 Å². The molecule has 1 aliphatic rings. The van der Waals surface area contributed by atoms with E-state index in [1.165, 1.54) is 11.8 Å². The monoisotopic (exact) mass is 492 g/mol. The van der Waals surface area contributed by atoms with E-state index >= 15 is 0 Å². The van der Waals surface area contributed by atoms with Crippen molar-refractivity contribution in [3.63, 3.8) is 0 Å². The zero-order valence-corrected chi connectivity index (χ0v) is 19.6. The molecule has 1 fully saturated rings. The molecule has 1 atom stereocenters. The van der Waals surface area contributed by atoms with Crippen molar-refractivity contribution in [3.8, 4) is 0 Å². The van der Waals surface area contributed by atoms with E-state index in [4.69, 9.17) is 4.99 Å². The normalized spacial score (nSPS) is 17.4. The average molecular weight is 493 g/mol. The van der Waals surface area contributed by atoms with Crippen LogP contribution in [0.3, 0.4) is 0 Å². The third kappa shape index (κ3) is 4.97. The molecular weight excluding hydrogens is 472 g/mol. The maximum Gasteiger partial charge on any atom is 0.247 e. The fourth-order valence-electron chi connectivity index (χ4n) is 3.41. The van der Waals surface area contributed by atoms with Crippen LogP contribution in [0.15, 0.2) is 82.3 Å². The van der Waals surface area contributed by atoms with Gasteiger partial charge in [0.1, 0.15) is 0 Å². The summed E-state index contributed by atoms with van der Waals surface area (Å²) in [7, 11) is 0. The van der Waals surface area contributed by atoms with E-state index in [9.17, 15) is 9.59 Å². The molecule has 156 valence electrons. The minimum Gasteiger partial charge on any atom is -0.294 e. The third-order valence-electron chi connectivity index (χ3n) is 4.96. The van der Waals surface area contributed by atoms with Crippen molar-refractivity contribution >= 4 is 55.9 Å². The Morgan fingerprint density at radius 2 is 1.68 bits per heavy atom. The van der Waals surface area contributed by atoms with Crippen LogP contribution in [-0.2, 0) is 4.79 Å². The Labute approximate surface area is 194 Å². The molecule has 0 bridgehead atoms. The summed E-state index contributed by atoms with van der Waals surface area (Å²) < 4.78 is 0.911. The Morgan fingerprint density at radius 3 is 2.35 bits per heavy atom. The smallest absolute Gasteiger partial charge is 0.247 e. The Bertz CT molecular complexity index is 1170. The molecule has 0 aromatic heterocycles. The number of aryl methyl sites for hydroxylation is 2. The molecular formula is C25H21BrN2O2S. The molecule has 3 aromatic carbocycles. The van der Waals surface area contributed by atoms with E-state index in [1.807, 2.05) is 74.5 Å². The number of benzene rings is 3. The lowest BCUT2D eigenvalue weighted by atomic mass is 10.1. The Balaban J connectivity index is 1.66. The molecule has 0 aliphatic carbocycles. The largest absolute Gasteiger partial charge is 0.294 e. The highest BCUT2D eigenvalue weighted by molar-refractivity contribution is 9.10. The Morgan fingerprint density at radius 1 is 1.00 bits per heavy atom. The summed E-state index contributed by atoms with van der Waals surface area (Å²) in [6, 6.07) is 22.8. The highest BCUT2D eigenvalue weighted by Gasteiger charge is 2.40.